The van der Waals surface area contributed by atoms with Crippen molar-refractivity contribution >= 4 is 54.1 Å². The molecular formula is C30H31N. The van der Waals surface area contributed by atoms with E-state index in [0.29, 0.717) is 6.04 Å². The van der Waals surface area contributed by atoms with Crippen LogP contribution >= 0.6 is 0 Å². The molecule has 0 amide bonds. The topological polar surface area (TPSA) is 4.93 Å². The Labute approximate surface area is 184 Å². The molecule has 0 saturated heterocycles. The molecule has 5 aromatic carbocycles. The third kappa shape index (κ3) is 2.75. The van der Waals surface area contributed by atoms with Crippen LogP contribution < -0.4 is 0 Å². The minimum Gasteiger partial charge on any atom is -0.338 e. The fourth-order valence-electron chi connectivity index (χ4n) is 6.05. The van der Waals surface area contributed by atoms with E-state index in [2.05, 4.69) is 79.1 Å². The lowest BCUT2D eigenvalue weighted by atomic mass is 9.90. The van der Waals surface area contributed by atoms with Gasteiger partial charge < -0.3 is 4.57 Å². The first-order valence-corrected chi connectivity index (χ1v) is 12.2. The summed E-state index contributed by atoms with van der Waals surface area (Å²) >= 11 is 0. The third-order valence-corrected chi connectivity index (χ3v) is 7.52. The monoisotopic (exact) mass is 405 g/mol. The minimum atomic E-state index is 0.512. The molecule has 1 atom stereocenters. The maximum absolute atomic E-state index is 2.65. The average Bonchev–Trinajstić information content (AvgIpc) is 3.15. The molecule has 1 nitrogen and oxygen atoms in total. The summed E-state index contributed by atoms with van der Waals surface area (Å²) in [6.45, 7) is 4.72. The van der Waals surface area contributed by atoms with Gasteiger partial charge in [-0.15, -0.1) is 0 Å². The van der Waals surface area contributed by atoms with E-state index in [9.17, 15) is 0 Å². The Hall–Kier alpha value is -2.80. The number of aromatic nitrogens is 1. The van der Waals surface area contributed by atoms with E-state index in [-0.39, 0.29) is 0 Å². The lowest BCUT2D eigenvalue weighted by molar-refractivity contribution is 0.487. The highest BCUT2D eigenvalue weighted by Crippen LogP contribution is 2.47. The molecule has 1 aromatic heterocycles. The van der Waals surface area contributed by atoms with Crippen LogP contribution in [0, 0.1) is 0 Å². The predicted molar refractivity (Wildman–Crippen MR) is 137 cm³/mol. The van der Waals surface area contributed by atoms with Crippen LogP contribution in [0.3, 0.4) is 0 Å². The third-order valence-electron chi connectivity index (χ3n) is 7.52. The van der Waals surface area contributed by atoms with E-state index in [1.807, 2.05) is 0 Å². The van der Waals surface area contributed by atoms with Crippen LogP contribution in [0.5, 0.6) is 0 Å². The van der Waals surface area contributed by atoms with Crippen molar-refractivity contribution in [3.63, 3.8) is 0 Å². The molecule has 0 fully saturated rings. The molecule has 6 rings (SSSR count). The first-order valence-electron chi connectivity index (χ1n) is 12.2. The van der Waals surface area contributed by atoms with Gasteiger partial charge in [-0.25, -0.2) is 0 Å². The van der Waals surface area contributed by atoms with Crippen LogP contribution in [0.4, 0.5) is 0 Å². The second-order valence-electron chi connectivity index (χ2n) is 9.50. The molecule has 156 valence electrons. The van der Waals surface area contributed by atoms with Crippen LogP contribution in [0.2, 0.25) is 0 Å². The van der Waals surface area contributed by atoms with Gasteiger partial charge in [0.2, 0.25) is 0 Å². The first-order chi connectivity index (χ1) is 15.3. The zero-order valence-electron chi connectivity index (χ0n) is 18.7. The Bertz CT molecular complexity index is 1380. The quantitative estimate of drug-likeness (QED) is 0.135. The Kier molecular flexibility index (Phi) is 4.52. The molecule has 6 aromatic rings. The normalized spacial score (nSPS) is 13.6. The van der Waals surface area contributed by atoms with Crippen molar-refractivity contribution in [2.24, 2.45) is 0 Å². The molecular weight excluding hydrogens is 374 g/mol. The first kappa shape index (κ1) is 18.9. The van der Waals surface area contributed by atoms with Gasteiger partial charge in [-0.3, -0.25) is 0 Å². The summed E-state index contributed by atoms with van der Waals surface area (Å²) < 4.78 is 2.65. The number of unbranched alkanes of at least 4 members (excludes halogenated alkanes) is 5. The van der Waals surface area contributed by atoms with Crippen molar-refractivity contribution < 1.29 is 0 Å². The largest absolute Gasteiger partial charge is 0.338 e. The van der Waals surface area contributed by atoms with Crippen LogP contribution in [0.1, 0.15) is 64.8 Å². The van der Waals surface area contributed by atoms with Crippen LogP contribution in [0.15, 0.2) is 60.7 Å². The molecule has 0 radical (unpaired) electrons. The molecule has 1 unspecified atom stereocenters. The van der Waals surface area contributed by atoms with Gasteiger partial charge in [0.25, 0.3) is 0 Å². The second kappa shape index (κ2) is 7.41. The number of nitrogens with zero attached hydrogens (tertiary/aromatic N) is 1. The highest BCUT2D eigenvalue weighted by molar-refractivity contribution is 6.39. The molecule has 0 saturated carbocycles. The highest BCUT2D eigenvalue weighted by Gasteiger charge is 2.22. The van der Waals surface area contributed by atoms with E-state index in [1.54, 1.807) is 0 Å². The van der Waals surface area contributed by atoms with Crippen molar-refractivity contribution in [3.8, 4) is 0 Å². The van der Waals surface area contributed by atoms with E-state index >= 15 is 0 Å². The van der Waals surface area contributed by atoms with Crippen molar-refractivity contribution in [1.82, 2.24) is 4.57 Å². The smallest absolute Gasteiger partial charge is 0.0500 e. The van der Waals surface area contributed by atoms with Gasteiger partial charge in [-0.2, -0.15) is 0 Å². The van der Waals surface area contributed by atoms with E-state index in [4.69, 9.17) is 0 Å². The van der Waals surface area contributed by atoms with Gasteiger partial charge in [0.1, 0.15) is 0 Å². The van der Waals surface area contributed by atoms with Gasteiger partial charge in [-0.1, -0.05) is 94.0 Å². The fourth-order valence-corrected chi connectivity index (χ4v) is 6.05. The zero-order valence-corrected chi connectivity index (χ0v) is 18.7. The number of fused-ring (bicyclic) bond motifs is 1. The highest BCUT2D eigenvalue weighted by atomic mass is 15.0. The SMILES string of the molecule is CCCCCCCCC(C)n1c2ccc3cccc4c5cccc6ccc1c(c65)c2c34. The minimum absolute atomic E-state index is 0.512. The molecule has 0 aliphatic carbocycles. The lowest BCUT2D eigenvalue weighted by Crippen LogP contribution is -2.04. The van der Waals surface area contributed by atoms with Gasteiger partial charge in [0, 0.05) is 16.8 Å². The average molecular weight is 406 g/mol. The maximum atomic E-state index is 2.65. The number of rotatable bonds is 8. The van der Waals surface area contributed by atoms with Crippen molar-refractivity contribution in [1.29, 1.82) is 0 Å². The second-order valence-corrected chi connectivity index (χ2v) is 9.50. The van der Waals surface area contributed by atoms with Crippen LogP contribution in [0.25, 0.3) is 54.1 Å². The van der Waals surface area contributed by atoms with Crippen LogP contribution in [-0.4, -0.2) is 4.57 Å². The van der Waals surface area contributed by atoms with E-state index in [0.717, 1.165) is 0 Å². The Balaban J connectivity index is 1.54. The van der Waals surface area contributed by atoms with Gasteiger partial charge in [-0.05, 0) is 57.8 Å². The summed E-state index contributed by atoms with van der Waals surface area (Å²) in [5, 5.41) is 11.4. The Morgan fingerprint density at radius 3 is 1.74 bits per heavy atom. The molecule has 31 heavy (non-hydrogen) atoms. The van der Waals surface area contributed by atoms with Gasteiger partial charge >= 0.3 is 0 Å². The summed E-state index contributed by atoms with van der Waals surface area (Å²) in [6, 6.07) is 23.5. The Morgan fingerprint density at radius 1 is 0.613 bits per heavy atom. The number of hydrogen-bond donors (Lipinski definition) is 0. The Morgan fingerprint density at radius 2 is 1.16 bits per heavy atom. The molecule has 1 heterocycles. The summed E-state index contributed by atoms with van der Waals surface area (Å²) in [5.41, 5.74) is 2.82. The van der Waals surface area contributed by atoms with Gasteiger partial charge in [0.15, 0.2) is 0 Å². The molecule has 0 aliphatic rings. The fraction of sp³-hybridized carbons (Fsp3) is 0.333. The molecule has 0 spiro atoms. The van der Waals surface area contributed by atoms with E-state index in [1.165, 1.54) is 99.1 Å². The molecule has 0 bridgehead atoms. The van der Waals surface area contributed by atoms with Crippen molar-refractivity contribution in [3.05, 3.63) is 60.7 Å². The number of hydrogen-bond acceptors (Lipinski definition) is 0. The predicted octanol–water partition coefficient (Wildman–Crippen LogP) is 9.44. The molecule has 0 N–H and O–H groups in total. The van der Waals surface area contributed by atoms with Crippen LogP contribution in [-0.2, 0) is 0 Å². The van der Waals surface area contributed by atoms with Crippen molar-refractivity contribution in [2.75, 3.05) is 0 Å². The van der Waals surface area contributed by atoms with Crippen molar-refractivity contribution in [2.45, 2.75) is 64.8 Å². The summed E-state index contributed by atoms with van der Waals surface area (Å²) in [5.74, 6) is 0. The summed E-state index contributed by atoms with van der Waals surface area (Å²) in [6.07, 6.45) is 9.42. The van der Waals surface area contributed by atoms with E-state index < -0.39 is 0 Å². The van der Waals surface area contributed by atoms with Gasteiger partial charge in [0.05, 0.1) is 11.0 Å². The zero-order chi connectivity index (χ0) is 20.9. The molecule has 1 heteroatoms. The number of benzene rings is 5. The summed E-state index contributed by atoms with van der Waals surface area (Å²) in [4.78, 5) is 0. The molecule has 0 aliphatic heterocycles. The maximum Gasteiger partial charge on any atom is 0.0500 e. The standard InChI is InChI=1S/C30H31N/c1-3-4-5-6-7-8-11-20(2)31-25-18-16-21-12-9-14-23-24-15-10-13-22-17-19-26(31)30(28(22)24)29(25)27(21)23/h9-10,12-20H,3-8,11H2,1-2H3. The lowest BCUT2D eigenvalue weighted by Gasteiger charge is -2.17. The summed E-state index contributed by atoms with van der Waals surface area (Å²) in [7, 11) is 0.